The maximum Gasteiger partial charge on any atom is 0.410 e. The van der Waals surface area contributed by atoms with Crippen LogP contribution in [0.3, 0.4) is 0 Å². The maximum absolute atomic E-state index is 13.1. The number of hydrogen-bond acceptors (Lipinski definition) is 9. The van der Waals surface area contributed by atoms with Crippen LogP contribution < -0.4 is 0 Å². The van der Waals surface area contributed by atoms with Crippen LogP contribution in [0.5, 0.6) is 5.75 Å². The first-order valence-electron chi connectivity index (χ1n) is 17.5. The first-order valence-corrected chi connectivity index (χ1v) is 20.1. The van der Waals surface area contributed by atoms with Gasteiger partial charge in [0.2, 0.25) is 5.91 Å². The zero-order valence-corrected chi connectivity index (χ0v) is 33.6. The average Bonchev–Trinajstić information content (AvgIpc) is 3.70. The van der Waals surface area contributed by atoms with E-state index in [4.69, 9.17) is 9.47 Å². The van der Waals surface area contributed by atoms with E-state index in [1.807, 2.05) is 85.1 Å². The number of rotatable bonds is 11. The van der Waals surface area contributed by atoms with E-state index in [2.05, 4.69) is 0 Å². The SMILES string of the molecule is C.CS[C@H]([C@@H](C)C(=O)N(C)CCc1cccc(O)c1)[C@@H]1CCCN1C(=O)OC(C)(C)C.CS[C@H]([C@@H](C)C(=O)O)[C@@H]1CCCN1C(=O)OC(C)(C)C.[BH4-]. The molecule has 6 atom stereocenters. The smallest absolute Gasteiger partial charge is 0.410 e. The Hall–Kier alpha value is -2.74. The minimum atomic E-state index is -0.819. The lowest BCUT2D eigenvalue weighted by Gasteiger charge is -2.35. The quantitative estimate of drug-likeness (QED) is 0.251. The molecule has 1 aromatic rings. The van der Waals surface area contributed by atoms with Gasteiger partial charge in [0.25, 0.3) is 0 Å². The Labute approximate surface area is 323 Å². The van der Waals surface area contributed by atoms with Crippen LogP contribution in [0.4, 0.5) is 9.59 Å². The highest BCUT2D eigenvalue weighted by Gasteiger charge is 2.42. The second kappa shape index (κ2) is 21.8. The Morgan fingerprint density at radius 3 is 1.69 bits per heavy atom. The second-order valence-corrected chi connectivity index (χ2v) is 17.3. The van der Waals surface area contributed by atoms with Crippen LogP contribution in [0.1, 0.15) is 94.1 Å². The predicted octanol–water partition coefficient (Wildman–Crippen LogP) is 6.18. The first-order chi connectivity index (χ1) is 23.2. The minimum Gasteiger partial charge on any atom is -0.508 e. The molecule has 0 saturated carbocycles. The van der Waals surface area contributed by atoms with Crippen molar-refractivity contribution in [3.05, 3.63) is 29.8 Å². The number of carboxylic acids is 1. The number of aromatic hydroxyl groups is 1. The maximum atomic E-state index is 13.1. The fourth-order valence-corrected chi connectivity index (χ4v) is 8.74. The predicted molar refractivity (Wildman–Crippen MR) is 220 cm³/mol. The largest absolute Gasteiger partial charge is 0.508 e. The summed E-state index contributed by atoms with van der Waals surface area (Å²) in [7, 11) is 1.82. The molecule has 52 heavy (non-hydrogen) atoms. The number of carboxylic acid groups (broad SMARTS) is 1. The number of aliphatic carboxylic acids is 1. The average molecular weight is 771 g/mol. The summed E-state index contributed by atoms with van der Waals surface area (Å²) in [5.74, 6) is -1.22. The molecule has 11 nitrogen and oxygen atoms in total. The molecule has 2 aliphatic heterocycles. The molecule has 2 fully saturated rings. The number of ether oxygens (including phenoxy) is 2. The molecular weight excluding hydrogens is 701 g/mol. The summed E-state index contributed by atoms with van der Waals surface area (Å²) in [6.07, 6.45) is 7.50. The van der Waals surface area contributed by atoms with Crippen LogP contribution in [0.25, 0.3) is 0 Å². The van der Waals surface area contributed by atoms with E-state index >= 15 is 0 Å². The van der Waals surface area contributed by atoms with Gasteiger partial charge in [0.05, 0.1) is 5.92 Å². The van der Waals surface area contributed by atoms with E-state index in [0.29, 0.717) is 26.1 Å². The summed E-state index contributed by atoms with van der Waals surface area (Å²) in [5, 5.41) is 18.7. The van der Waals surface area contributed by atoms with Crippen molar-refractivity contribution in [2.24, 2.45) is 11.8 Å². The summed E-state index contributed by atoms with van der Waals surface area (Å²) in [6.45, 7) is 16.7. The molecule has 3 rings (SSSR count). The molecule has 0 spiro atoms. The van der Waals surface area contributed by atoms with Crippen molar-refractivity contribution in [1.82, 2.24) is 14.7 Å². The summed E-state index contributed by atoms with van der Waals surface area (Å²) in [5.41, 5.74) is -0.0694. The van der Waals surface area contributed by atoms with E-state index in [9.17, 15) is 29.4 Å². The molecule has 1 aromatic carbocycles. The van der Waals surface area contributed by atoms with Crippen LogP contribution in [0.15, 0.2) is 24.3 Å². The van der Waals surface area contributed by atoms with Crippen LogP contribution in [-0.2, 0) is 25.5 Å². The van der Waals surface area contributed by atoms with Crippen molar-refractivity contribution < 1.29 is 38.9 Å². The number of benzene rings is 1. The van der Waals surface area contributed by atoms with Crippen molar-refractivity contribution in [2.75, 3.05) is 39.2 Å². The fourth-order valence-electron chi connectivity index (χ4n) is 6.50. The number of carbonyl (C=O) groups is 4. The van der Waals surface area contributed by atoms with E-state index in [0.717, 1.165) is 31.2 Å². The molecule has 2 aliphatic rings. The molecule has 0 unspecified atom stereocenters. The van der Waals surface area contributed by atoms with E-state index in [1.54, 1.807) is 40.6 Å². The number of hydrogen-bond donors (Lipinski definition) is 2. The second-order valence-electron chi connectivity index (χ2n) is 15.3. The number of amides is 3. The zero-order valence-electron chi connectivity index (χ0n) is 31.9. The number of phenols is 1. The fraction of sp³-hybridized carbons (Fsp3) is 0.737. The third kappa shape index (κ3) is 14.9. The molecule has 3 amide bonds. The Kier molecular flexibility index (Phi) is 20.7. The van der Waals surface area contributed by atoms with E-state index < -0.39 is 23.1 Å². The van der Waals surface area contributed by atoms with Crippen LogP contribution in [-0.4, -0.2) is 130 Å². The Bertz CT molecular complexity index is 1290. The number of likely N-dealkylation sites (tertiary alicyclic amines) is 2. The van der Waals surface area contributed by atoms with Gasteiger partial charge in [0.1, 0.15) is 17.0 Å². The zero-order chi connectivity index (χ0) is 38.0. The van der Waals surface area contributed by atoms with Crippen LogP contribution in [0, 0.1) is 11.8 Å². The molecule has 2 heterocycles. The monoisotopic (exact) mass is 770 g/mol. The van der Waals surface area contributed by atoms with Crippen LogP contribution in [0.2, 0.25) is 0 Å². The molecule has 2 N–H and O–H groups in total. The highest BCUT2D eigenvalue weighted by Crippen LogP contribution is 2.34. The standard InChI is InChI=1S/C23H36N2O4S.C14H25NO4S.CH4.BH4/c1-16(21(27)24(5)14-12-17-9-7-10-18(26)15-17)20(30-6)19-11-8-13-25(19)22(28)29-23(2,3)4;1-9(12(16)17)11(20-5)10-7-6-8-15(10)13(18)19-14(2,3)4;;/h7,9-10,15-16,19-20,26H,8,11-14H2,1-6H3;9-11H,6-8H2,1-5H3,(H,16,17);2*1H4/q;;;-1/t16-,19+,20-;9-,10+,11-;;/m11../s1. The Balaban J connectivity index is 0.00000104. The van der Waals surface area contributed by atoms with Gasteiger partial charge in [0, 0.05) is 55.2 Å². The molecule has 0 bridgehead atoms. The normalized spacial score (nSPS) is 19.4. The van der Waals surface area contributed by atoms with Gasteiger partial charge < -0.3 is 34.4 Å². The lowest BCUT2D eigenvalue weighted by Crippen LogP contribution is -2.49. The highest BCUT2D eigenvalue weighted by molar-refractivity contribution is 7.99. The molecule has 14 heteroatoms. The number of likely N-dealkylation sites (N-methyl/N-ethyl adjacent to an activating group) is 1. The molecule has 300 valence electrons. The third-order valence-electron chi connectivity index (χ3n) is 8.94. The molecule has 0 aromatic heterocycles. The van der Waals surface area contributed by atoms with Gasteiger partial charge in [-0.15, -0.1) is 0 Å². The van der Waals surface area contributed by atoms with Gasteiger partial charge in [-0.1, -0.05) is 41.8 Å². The molecule has 0 aliphatic carbocycles. The Morgan fingerprint density at radius 2 is 1.31 bits per heavy atom. The number of carbonyl (C=O) groups excluding carboxylic acids is 3. The van der Waals surface area contributed by atoms with Crippen molar-refractivity contribution in [3.8, 4) is 5.75 Å². The lowest BCUT2D eigenvalue weighted by molar-refractivity contribution is -0.141. The minimum absolute atomic E-state index is 0. The van der Waals surface area contributed by atoms with Crippen molar-refractivity contribution in [3.63, 3.8) is 0 Å². The van der Waals surface area contributed by atoms with Crippen molar-refractivity contribution in [2.45, 2.75) is 129 Å². The summed E-state index contributed by atoms with van der Waals surface area (Å²) in [4.78, 5) is 54.5. The summed E-state index contributed by atoms with van der Waals surface area (Å²) >= 11 is 3.16. The van der Waals surface area contributed by atoms with E-state index in [-0.39, 0.29) is 68.2 Å². The topological polar surface area (TPSA) is 137 Å². The van der Waals surface area contributed by atoms with Crippen LogP contribution >= 0.6 is 23.5 Å². The van der Waals surface area contributed by atoms with Gasteiger partial charge in [0.15, 0.2) is 0 Å². The number of nitrogens with zero attached hydrogens (tertiary/aromatic N) is 3. The van der Waals surface area contributed by atoms with Crippen molar-refractivity contribution >= 4 is 56.0 Å². The molecule has 2 saturated heterocycles. The van der Waals surface area contributed by atoms with Gasteiger partial charge in [-0.3, -0.25) is 9.59 Å². The first kappa shape index (κ1) is 49.3. The van der Waals surface area contributed by atoms with Crippen molar-refractivity contribution in [1.29, 1.82) is 0 Å². The van der Waals surface area contributed by atoms with Gasteiger partial charge in [-0.25, -0.2) is 9.59 Å². The van der Waals surface area contributed by atoms with Gasteiger partial charge in [-0.2, -0.15) is 23.5 Å². The van der Waals surface area contributed by atoms with Gasteiger partial charge in [-0.05, 0) is 104 Å². The third-order valence-corrected chi connectivity index (χ3v) is 11.5. The van der Waals surface area contributed by atoms with Gasteiger partial charge >= 0.3 is 18.2 Å². The Morgan fingerprint density at radius 1 is 0.865 bits per heavy atom. The molecular formula is C38H69BN3O8S2-. The number of thioether (sulfide) groups is 2. The number of phenolic OH excluding ortho intramolecular Hbond substituents is 1. The van der Waals surface area contributed by atoms with E-state index in [1.165, 1.54) is 11.8 Å². The highest BCUT2D eigenvalue weighted by atomic mass is 32.2. The lowest BCUT2D eigenvalue weighted by atomic mass is 9.97. The summed E-state index contributed by atoms with van der Waals surface area (Å²) in [6, 6.07) is 7.05. The summed E-state index contributed by atoms with van der Waals surface area (Å²) < 4.78 is 11.0. The molecule has 0 radical (unpaired) electrons.